The van der Waals surface area contributed by atoms with E-state index < -0.39 is 0 Å². The third kappa shape index (κ3) is 4.08. The Morgan fingerprint density at radius 3 is 2.56 bits per heavy atom. The van der Waals surface area contributed by atoms with Crippen molar-refractivity contribution in [2.75, 3.05) is 27.3 Å². The van der Waals surface area contributed by atoms with Crippen molar-refractivity contribution in [2.24, 2.45) is 0 Å². The van der Waals surface area contributed by atoms with Crippen LogP contribution >= 0.6 is 0 Å². The van der Waals surface area contributed by atoms with Gasteiger partial charge in [0, 0.05) is 19.4 Å². The zero-order chi connectivity index (χ0) is 19.4. The molecule has 0 radical (unpaired) electrons. The molecule has 0 N–H and O–H groups in total. The van der Waals surface area contributed by atoms with Crippen LogP contribution in [0.1, 0.15) is 15.9 Å². The van der Waals surface area contributed by atoms with E-state index >= 15 is 0 Å². The van der Waals surface area contributed by atoms with E-state index in [1.165, 1.54) is 15.5 Å². The van der Waals surface area contributed by atoms with E-state index in [0.717, 1.165) is 11.3 Å². The van der Waals surface area contributed by atoms with E-state index in [2.05, 4.69) is 4.98 Å². The van der Waals surface area contributed by atoms with E-state index in [9.17, 15) is 9.59 Å². The smallest absolute Gasteiger partial charge is 0.270 e. The summed E-state index contributed by atoms with van der Waals surface area (Å²) in [6.45, 7) is 2.51. The number of benzene rings is 1. The van der Waals surface area contributed by atoms with Gasteiger partial charge in [-0.05, 0) is 42.8 Å². The van der Waals surface area contributed by atoms with Gasteiger partial charge in [-0.1, -0.05) is 6.07 Å². The van der Waals surface area contributed by atoms with Crippen molar-refractivity contribution in [3.63, 3.8) is 0 Å². The van der Waals surface area contributed by atoms with Crippen molar-refractivity contribution in [3.8, 4) is 11.5 Å². The Morgan fingerprint density at radius 2 is 1.85 bits per heavy atom. The van der Waals surface area contributed by atoms with Crippen LogP contribution in [0.5, 0.6) is 11.5 Å². The van der Waals surface area contributed by atoms with E-state index in [-0.39, 0.29) is 17.0 Å². The van der Waals surface area contributed by atoms with Gasteiger partial charge in [0.15, 0.2) is 0 Å². The van der Waals surface area contributed by atoms with Crippen LogP contribution in [0.4, 0.5) is 0 Å². The summed E-state index contributed by atoms with van der Waals surface area (Å²) in [6, 6.07) is 10.8. The molecule has 0 saturated heterocycles. The van der Waals surface area contributed by atoms with Crippen LogP contribution in [-0.4, -0.2) is 47.5 Å². The number of fused-ring (bicyclic) bond motifs is 1. The fraction of sp³-hybridized carbons (Fsp3) is 0.250. The molecule has 0 bridgehead atoms. The molecule has 27 heavy (non-hydrogen) atoms. The van der Waals surface area contributed by atoms with Crippen molar-refractivity contribution >= 4 is 11.6 Å². The molecule has 140 valence electrons. The lowest BCUT2D eigenvalue weighted by atomic mass is 10.2. The predicted molar refractivity (Wildman–Crippen MR) is 102 cm³/mol. The minimum absolute atomic E-state index is 0.0325. The van der Waals surface area contributed by atoms with Crippen molar-refractivity contribution < 1.29 is 14.3 Å². The maximum atomic E-state index is 12.6. The molecule has 7 heteroatoms. The molecule has 2 heterocycles. The summed E-state index contributed by atoms with van der Waals surface area (Å²) in [6.07, 6.45) is 3.00. The van der Waals surface area contributed by atoms with Gasteiger partial charge in [0.25, 0.3) is 11.5 Å². The van der Waals surface area contributed by atoms with E-state index in [0.29, 0.717) is 24.5 Å². The van der Waals surface area contributed by atoms with Gasteiger partial charge in [-0.2, -0.15) is 0 Å². The molecule has 0 unspecified atom stereocenters. The zero-order valence-electron chi connectivity index (χ0n) is 15.5. The third-order valence-electron chi connectivity index (χ3n) is 4.18. The first-order chi connectivity index (χ1) is 13.0. The average molecular weight is 367 g/mol. The molecule has 1 aromatic carbocycles. The predicted octanol–water partition coefficient (Wildman–Crippen LogP) is 2.16. The Labute approximate surface area is 156 Å². The summed E-state index contributed by atoms with van der Waals surface area (Å²) in [7, 11) is 3.23. The minimum atomic E-state index is -0.387. The summed E-state index contributed by atoms with van der Waals surface area (Å²) in [4.78, 5) is 30.9. The third-order valence-corrected chi connectivity index (χ3v) is 4.18. The average Bonchev–Trinajstić information content (AvgIpc) is 2.68. The van der Waals surface area contributed by atoms with Crippen LogP contribution in [-0.2, 0) is 0 Å². The number of hydrogen-bond donors (Lipinski definition) is 0. The first-order valence-electron chi connectivity index (χ1n) is 8.50. The molecule has 0 fully saturated rings. The Morgan fingerprint density at radius 1 is 1.15 bits per heavy atom. The molecule has 3 aromatic rings. The molecule has 0 saturated carbocycles. The molecule has 1 amide bonds. The van der Waals surface area contributed by atoms with Gasteiger partial charge in [-0.3, -0.25) is 14.0 Å². The molecule has 0 aliphatic rings. The van der Waals surface area contributed by atoms with Gasteiger partial charge in [0.2, 0.25) is 0 Å². The van der Waals surface area contributed by atoms with Crippen LogP contribution in [0.25, 0.3) is 5.65 Å². The highest BCUT2D eigenvalue weighted by molar-refractivity contribution is 5.93. The number of pyridine rings is 1. The topological polar surface area (TPSA) is 73.1 Å². The normalized spacial score (nSPS) is 10.6. The molecule has 2 aromatic heterocycles. The van der Waals surface area contributed by atoms with Gasteiger partial charge in [-0.25, -0.2) is 4.98 Å². The molecule has 0 spiro atoms. The Bertz CT molecular complexity index is 1010. The zero-order valence-corrected chi connectivity index (χ0v) is 15.5. The summed E-state index contributed by atoms with van der Waals surface area (Å²) in [5, 5.41) is 0. The molecule has 3 rings (SSSR count). The van der Waals surface area contributed by atoms with Crippen LogP contribution in [0.3, 0.4) is 0 Å². The second kappa shape index (κ2) is 7.90. The van der Waals surface area contributed by atoms with Crippen LogP contribution in [0.15, 0.2) is 53.6 Å². The number of carbonyl (C=O) groups excluding carboxylic acids is 1. The highest BCUT2D eigenvalue weighted by Crippen LogP contribution is 2.16. The largest absolute Gasteiger partial charge is 0.497 e. The number of ether oxygens (including phenoxy) is 2. The van der Waals surface area contributed by atoms with Crippen molar-refractivity contribution in [3.05, 3.63) is 70.3 Å². The number of likely N-dealkylation sites (N-methyl/N-ethyl adjacent to an activating group) is 1. The summed E-state index contributed by atoms with van der Waals surface area (Å²) in [5.41, 5.74) is 1.08. The second-order valence-electron chi connectivity index (χ2n) is 6.16. The molecular weight excluding hydrogens is 346 g/mol. The van der Waals surface area contributed by atoms with Crippen LogP contribution in [0.2, 0.25) is 0 Å². The minimum Gasteiger partial charge on any atom is -0.497 e. The quantitative estimate of drug-likeness (QED) is 0.668. The van der Waals surface area contributed by atoms with E-state index in [1.807, 2.05) is 13.0 Å². The Hall–Kier alpha value is -3.35. The van der Waals surface area contributed by atoms with Crippen LogP contribution < -0.4 is 15.0 Å². The fourth-order valence-electron chi connectivity index (χ4n) is 2.61. The summed E-state index contributed by atoms with van der Waals surface area (Å²) < 4.78 is 12.1. The van der Waals surface area contributed by atoms with Gasteiger partial charge >= 0.3 is 0 Å². The first kappa shape index (κ1) is 18.4. The Kier molecular flexibility index (Phi) is 5.40. The number of aromatic nitrogens is 2. The van der Waals surface area contributed by atoms with Crippen molar-refractivity contribution in [1.82, 2.24) is 14.3 Å². The van der Waals surface area contributed by atoms with Crippen LogP contribution in [0, 0.1) is 6.92 Å². The second-order valence-corrected chi connectivity index (χ2v) is 6.16. The monoisotopic (exact) mass is 367 g/mol. The lowest BCUT2D eigenvalue weighted by molar-refractivity contribution is 0.0771. The lowest BCUT2D eigenvalue weighted by Crippen LogP contribution is -2.35. The van der Waals surface area contributed by atoms with Gasteiger partial charge in [0.1, 0.15) is 29.3 Å². The molecule has 0 aliphatic heterocycles. The molecular formula is C20H21N3O4. The standard InChI is InChI=1S/C20H21N3O4/c1-14-4-9-18-21-12-17(20(25)23(18)13-14)19(24)22(2)10-11-27-16-7-5-15(26-3)6-8-16/h4-9,12-13H,10-11H2,1-3H3. The maximum Gasteiger partial charge on any atom is 0.270 e. The van der Waals surface area contributed by atoms with Gasteiger partial charge < -0.3 is 14.4 Å². The highest BCUT2D eigenvalue weighted by Gasteiger charge is 2.17. The molecule has 7 nitrogen and oxygen atoms in total. The summed E-state index contributed by atoms with van der Waals surface area (Å²) in [5.74, 6) is 1.04. The Balaban J connectivity index is 1.67. The maximum absolute atomic E-state index is 12.6. The number of hydrogen-bond acceptors (Lipinski definition) is 5. The van der Waals surface area contributed by atoms with Crippen molar-refractivity contribution in [1.29, 1.82) is 0 Å². The lowest BCUT2D eigenvalue weighted by Gasteiger charge is -2.17. The number of rotatable bonds is 6. The number of carbonyl (C=O) groups is 1. The SMILES string of the molecule is COc1ccc(OCCN(C)C(=O)c2cnc3ccc(C)cn3c2=O)cc1. The number of amides is 1. The highest BCUT2D eigenvalue weighted by atomic mass is 16.5. The van der Waals surface area contributed by atoms with E-state index in [4.69, 9.17) is 9.47 Å². The fourth-order valence-corrected chi connectivity index (χ4v) is 2.61. The van der Waals surface area contributed by atoms with Gasteiger partial charge in [0.05, 0.1) is 13.7 Å². The van der Waals surface area contributed by atoms with E-state index in [1.54, 1.807) is 50.7 Å². The number of nitrogens with zero attached hydrogens (tertiary/aromatic N) is 3. The number of aryl methyl sites for hydroxylation is 1. The van der Waals surface area contributed by atoms with Crippen molar-refractivity contribution in [2.45, 2.75) is 6.92 Å². The molecule has 0 aliphatic carbocycles. The molecule has 0 atom stereocenters. The number of methoxy groups -OCH3 is 1. The summed E-state index contributed by atoms with van der Waals surface area (Å²) >= 11 is 0. The van der Waals surface area contributed by atoms with Gasteiger partial charge in [-0.15, -0.1) is 0 Å². The first-order valence-corrected chi connectivity index (χ1v) is 8.50.